The minimum Gasteiger partial charge on any atom is -0.491 e. The van der Waals surface area contributed by atoms with Gasteiger partial charge < -0.3 is 14.7 Å². The monoisotopic (exact) mass is 263 g/mol. The van der Waals surface area contributed by atoms with Crippen molar-refractivity contribution in [1.29, 1.82) is 0 Å². The number of hydrogen-bond acceptors (Lipinski definition) is 4. The Balaban J connectivity index is 1.96. The van der Waals surface area contributed by atoms with Gasteiger partial charge in [0.05, 0.1) is 12.3 Å². The van der Waals surface area contributed by atoms with Crippen LogP contribution in [0.4, 0.5) is 0 Å². The lowest BCUT2D eigenvalue weighted by Crippen LogP contribution is -2.13. The van der Waals surface area contributed by atoms with Crippen molar-refractivity contribution in [3.8, 4) is 5.75 Å². The molecule has 0 saturated carbocycles. The number of ether oxygens (including phenoxy) is 2. The molecule has 0 atom stereocenters. The van der Waals surface area contributed by atoms with Gasteiger partial charge in [-0.15, -0.1) is 0 Å². The minimum absolute atomic E-state index is 0.546. The number of fused-ring (bicyclic) bond motifs is 1. The molecule has 4 heteroatoms. The standard InChI is InChI=1S/C15H21NO3/c1-2-8-18-9-10-19-13-7-6-12-4-3-5-15(16-17)14(12)11-13/h6-7,11,17H,2-5,8-10H2,1H3/b16-15-. The van der Waals surface area contributed by atoms with Crippen molar-refractivity contribution >= 4 is 5.71 Å². The van der Waals surface area contributed by atoms with Crippen LogP contribution in [0.3, 0.4) is 0 Å². The van der Waals surface area contributed by atoms with Crippen LogP contribution in [-0.4, -0.2) is 30.7 Å². The molecule has 0 saturated heterocycles. The van der Waals surface area contributed by atoms with Crippen LogP contribution in [-0.2, 0) is 11.2 Å². The molecule has 0 bridgehead atoms. The smallest absolute Gasteiger partial charge is 0.120 e. The highest BCUT2D eigenvalue weighted by molar-refractivity contribution is 6.02. The maximum absolute atomic E-state index is 9.03. The van der Waals surface area contributed by atoms with Crippen LogP contribution in [0, 0.1) is 0 Å². The molecule has 19 heavy (non-hydrogen) atoms. The van der Waals surface area contributed by atoms with Gasteiger partial charge in [0.25, 0.3) is 0 Å². The fraction of sp³-hybridized carbons (Fsp3) is 0.533. The maximum atomic E-state index is 9.03. The largest absolute Gasteiger partial charge is 0.491 e. The maximum Gasteiger partial charge on any atom is 0.120 e. The summed E-state index contributed by atoms with van der Waals surface area (Å²) in [5, 5.41) is 12.4. The van der Waals surface area contributed by atoms with Gasteiger partial charge in [-0.3, -0.25) is 0 Å². The van der Waals surface area contributed by atoms with Gasteiger partial charge >= 0.3 is 0 Å². The Kier molecular flexibility index (Phi) is 5.21. The van der Waals surface area contributed by atoms with E-state index in [-0.39, 0.29) is 0 Å². The van der Waals surface area contributed by atoms with Crippen molar-refractivity contribution in [2.24, 2.45) is 5.16 Å². The second-order valence-electron chi connectivity index (χ2n) is 4.68. The van der Waals surface area contributed by atoms with Crippen molar-refractivity contribution in [3.63, 3.8) is 0 Å². The van der Waals surface area contributed by atoms with Gasteiger partial charge in [0.15, 0.2) is 0 Å². The predicted molar refractivity (Wildman–Crippen MR) is 74.3 cm³/mol. The third-order valence-corrected chi connectivity index (χ3v) is 3.22. The molecule has 1 aromatic rings. The lowest BCUT2D eigenvalue weighted by molar-refractivity contribution is 0.101. The summed E-state index contributed by atoms with van der Waals surface area (Å²) in [7, 11) is 0. The van der Waals surface area contributed by atoms with Crippen LogP contribution in [0.2, 0.25) is 0 Å². The summed E-state index contributed by atoms with van der Waals surface area (Å²) >= 11 is 0. The molecule has 4 nitrogen and oxygen atoms in total. The zero-order valence-electron chi connectivity index (χ0n) is 11.4. The molecule has 0 radical (unpaired) electrons. The Labute approximate surface area is 114 Å². The average molecular weight is 263 g/mol. The molecule has 1 aromatic carbocycles. The Morgan fingerprint density at radius 1 is 1.21 bits per heavy atom. The van der Waals surface area contributed by atoms with Gasteiger partial charge in [-0.2, -0.15) is 0 Å². The third kappa shape index (κ3) is 3.70. The molecule has 0 heterocycles. The van der Waals surface area contributed by atoms with Gasteiger partial charge in [0.2, 0.25) is 0 Å². The zero-order valence-corrected chi connectivity index (χ0v) is 11.4. The number of benzene rings is 1. The first kappa shape index (κ1) is 13.9. The van der Waals surface area contributed by atoms with E-state index in [0.717, 1.165) is 49.3 Å². The number of nitrogens with zero attached hydrogens (tertiary/aromatic N) is 1. The molecule has 0 spiro atoms. The summed E-state index contributed by atoms with van der Waals surface area (Å²) in [4.78, 5) is 0. The van der Waals surface area contributed by atoms with Crippen LogP contribution in [0.25, 0.3) is 0 Å². The third-order valence-electron chi connectivity index (χ3n) is 3.22. The highest BCUT2D eigenvalue weighted by atomic mass is 16.5. The van der Waals surface area contributed by atoms with E-state index in [9.17, 15) is 0 Å². The van der Waals surface area contributed by atoms with Crippen LogP contribution in [0.1, 0.15) is 37.3 Å². The van der Waals surface area contributed by atoms with E-state index >= 15 is 0 Å². The van der Waals surface area contributed by atoms with Crippen LogP contribution in [0.5, 0.6) is 5.75 Å². The second kappa shape index (κ2) is 7.14. The van der Waals surface area contributed by atoms with Crippen molar-refractivity contribution in [2.45, 2.75) is 32.6 Å². The number of aryl methyl sites for hydroxylation is 1. The average Bonchev–Trinajstić information content (AvgIpc) is 2.46. The molecule has 104 valence electrons. The van der Waals surface area contributed by atoms with Crippen LogP contribution >= 0.6 is 0 Å². The zero-order chi connectivity index (χ0) is 13.5. The van der Waals surface area contributed by atoms with Crippen LogP contribution < -0.4 is 4.74 Å². The van der Waals surface area contributed by atoms with Crippen LogP contribution in [0.15, 0.2) is 23.4 Å². The Hall–Kier alpha value is -1.55. The van der Waals surface area contributed by atoms with Gasteiger partial charge in [-0.1, -0.05) is 18.1 Å². The quantitative estimate of drug-likeness (QED) is 0.487. The van der Waals surface area contributed by atoms with E-state index in [1.54, 1.807) is 0 Å². The lowest BCUT2D eigenvalue weighted by Gasteiger charge is -2.18. The molecular weight excluding hydrogens is 242 g/mol. The summed E-state index contributed by atoms with van der Waals surface area (Å²) in [5.41, 5.74) is 3.00. The molecule has 0 unspecified atom stereocenters. The van der Waals surface area contributed by atoms with Gasteiger partial charge in [0, 0.05) is 12.2 Å². The molecule has 1 N–H and O–H groups in total. The normalized spacial score (nSPS) is 16.4. The molecule has 2 rings (SSSR count). The first-order valence-corrected chi connectivity index (χ1v) is 6.90. The highest BCUT2D eigenvalue weighted by Gasteiger charge is 2.16. The number of rotatable bonds is 6. The van der Waals surface area contributed by atoms with Gasteiger partial charge in [-0.05, 0) is 43.4 Å². The Bertz CT molecular complexity index is 443. The van der Waals surface area contributed by atoms with Gasteiger partial charge in [0.1, 0.15) is 12.4 Å². The SMILES string of the molecule is CCCOCCOc1ccc2c(c1)/C(=N\O)CCC2. The fourth-order valence-corrected chi connectivity index (χ4v) is 2.28. The van der Waals surface area contributed by atoms with E-state index in [4.69, 9.17) is 14.7 Å². The molecule has 1 aliphatic rings. The number of oxime groups is 1. The Morgan fingerprint density at radius 2 is 2.11 bits per heavy atom. The summed E-state index contributed by atoms with van der Waals surface area (Å²) in [5.74, 6) is 0.807. The summed E-state index contributed by atoms with van der Waals surface area (Å²) in [6.45, 7) is 4.01. The first-order chi connectivity index (χ1) is 9.35. The van der Waals surface area contributed by atoms with E-state index in [1.807, 2.05) is 12.1 Å². The molecule has 0 aliphatic heterocycles. The lowest BCUT2D eigenvalue weighted by atomic mass is 9.90. The molecule has 1 aliphatic carbocycles. The molecular formula is C15H21NO3. The van der Waals surface area contributed by atoms with E-state index < -0.39 is 0 Å². The van der Waals surface area contributed by atoms with E-state index in [0.29, 0.717) is 13.2 Å². The summed E-state index contributed by atoms with van der Waals surface area (Å²) < 4.78 is 11.0. The van der Waals surface area contributed by atoms with E-state index in [2.05, 4.69) is 18.1 Å². The summed E-state index contributed by atoms with van der Waals surface area (Å²) in [6.07, 6.45) is 3.92. The van der Waals surface area contributed by atoms with E-state index in [1.165, 1.54) is 5.56 Å². The first-order valence-electron chi connectivity index (χ1n) is 6.90. The van der Waals surface area contributed by atoms with Gasteiger partial charge in [-0.25, -0.2) is 0 Å². The predicted octanol–water partition coefficient (Wildman–Crippen LogP) is 3.01. The van der Waals surface area contributed by atoms with Crippen molar-refractivity contribution in [2.75, 3.05) is 19.8 Å². The highest BCUT2D eigenvalue weighted by Crippen LogP contribution is 2.25. The number of hydrogen-bond donors (Lipinski definition) is 1. The van der Waals surface area contributed by atoms with Crippen molar-refractivity contribution in [1.82, 2.24) is 0 Å². The molecule has 0 fully saturated rings. The van der Waals surface area contributed by atoms with Crippen molar-refractivity contribution in [3.05, 3.63) is 29.3 Å². The molecule has 0 amide bonds. The molecule has 0 aromatic heterocycles. The summed E-state index contributed by atoms with van der Waals surface area (Å²) in [6, 6.07) is 5.99. The van der Waals surface area contributed by atoms with Crippen molar-refractivity contribution < 1.29 is 14.7 Å². The minimum atomic E-state index is 0.546. The topological polar surface area (TPSA) is 51.0 Å². The fourth-order valence-electron chi connectivity index (χ4n) is 2.28. The second-order valence-corrected chi connectivity index (χ2v) is 4.68. The Morgan fingerprint density at radius 3 is 2.89 bits per heavy atom.